The molecule has 3 rings (SSSR count). The number of hydrogen-bond donors (Lipinski definition) is 0. The molecule has 1 unspecified atom stereocenters. The minimum atomic E-state index is -3.25. The van der Waals surface area contributed by atoms with Crippen molar-refractivity contribution < 1.29 is 27.5 Å². The van der Waals surface area contributed by atoms with Gasteiger partial charge in [-0.15, -0.1) is 0 Å². The van der Waals surface area contributed by atoms with E-state index in [1.54, 1.807) is 20.8 Å². The zero-order valence-corrected chi connectivity index (χ0v) is 19.2. The molecule has 34 heavy (non-hydrogen) atoms. The maximum absolute atomic E-state index is 13.3. The van der Waals surface area contributed by atoms with Crippen LogP contribution in [-0.2, 0) is 16.0 Å². The molecule has 8 nitrogen and oxygen atoms in total. The Balaban J connectivity index is 2.20. The van der Waals surface area contributed by atoms with E-state index < -0.39 is 35.5 Å². The second-order valence-corrected chi connectivity index (χ2v) is 8.63. The van der Waals surface area contributed by atoms with Crippen molar-refractivity contribution in [2.45, 2.75) is 45.4 Å². The number of pyridine rings is 1. The molecule has 1 atom stereocenters. The molecule has 2 heterocycles. The molecule has 178 valence electrons. The van der Waals surface area contributed by atoms with E-state index in [-0.39, 0.29) is 33.9 Å². The summed E-state index contributed by atoms with van der Waals surface area (Å²) in [5.74, 6) is -0.952. The van der Waals surface area contributed by atoms with Gasteiger partial charge in [0, 0.05) is 28.6 Å². The molecule has 0 radical (unpaired) electrons. The van der Waals surface area contributed by atoms with Gasteiger partial charge in [0.1, 0.15) is 23.2 Å². The molecule has 0 saturated heterocycles. The van der Waals surface area contributed by atoms with Gasteiger partial charge in [-0.2, -0.15) is 14.0 Å². The number of rotatable bonds is 7. The number of carbonyl (C=O) groups excluding carboxylic acids is 1. The smallest absolute Gasteiger partial charge is 0.387 e. The van der Waals surface area contributed by atoms with Crippen LogP contribution in [-0.4, -0.2) is 27.7 Å². The highest BCUT2D eigenvalue weighted by Gasteiger charge is 2.30. The minimum absolute atomic E-state index is 0.0804. The number of esters is 1. The number of carbonyl (C=O) groups is 1. The van der Waals surface area contributed by atoms with E-state index in [2.05, 4.69) is 9.72 Å². The largest absolute Gasteiger partial charge is 0.458 e. The Hall–Kier alpha value is -3.71. The van der Waals surface area contributed by atoms with Crippen molar-refractivity contribution >= 4 is 17.6 Å². The summed E-state index contributed by atoms with van der Waals surface area (Å²) in [5.41, 5.74) is -1.48. The van der Waals surface area contributed by atoms with Crippen molar-refractivity contribution in [3.05, 3.63) is 69.8 Å². The van der Waals surface area contributed by atoms with Gasteiger partial charge in [-0.25, -0.2) is 9.78 Å². The average Bonchev–Trinajstić information content (AvgIpc) is 3.25. The second kappa shape index (κ2) is 10.1. The van der Waals surface area contributed by atoms with E-state index in [0.717, 1.165) is 23.2 Å². The van der Waals surface area contributed by atoms with E-state index in [4.69, 9.17) is 20.8 Å². The quantitative estimate of drug-likeness (QED) is 0.439. The molecule has 11 heteroatoms. The molecule has 0 amide bonds. The first-order valence-corrected chi connectivity index (χ1v) is 10.4. The maximum atomic E-state index is 13.3. The van der Waals surface area contributed by atoms with Crippen molar-refractivity contribution in [2.24, 2.45) is 0 Å². The van der Waals surface area contributed by atoms with Crippen LogP contribution in [0.1, 0.15) is 38.1 Å². The normalized spacial score (nSPS) is 12.3. The Morgan fingerprint density at radius 3 is 2.62 bits per heavy atom. The number of benzene rings is 1. The van der Waals surface area contributed by atoms with Crippen molar-refractivity contribution in [1.82, 2.24) is 9.55 Å². The Labute approximate surface area is 198 Å². The highest BCUT2D eigenvalue weighted by molar-refractivity contribution is 6.31. The third-order valence-corrected chi connectivity index (χ3v) is 4.78. The topological polar surface area (TPSA) is 107 Å². The van der Waals surface area contributed by atoms with E-state index in [9.17, 15) is 23.6 Å². The third-order valence-electron chi connectivity index (χ3n) is 4.55. The molecule has 0 aliphatic carbocycles. The summed E-state index contributed by atoms with van der Waals surface area (Å²) < 4.78 is 42.8. The van der Waals surface area contributed by atoms with Gasteiger partial charge in [0.15, 0.2) is 6.39 Å². The molecular formula is C23H20ClF2N3O5. The summed E-state index contributed by atoms with van der Waals surface area (Å²) in [6.45, 7) is 1.70. The summed E-state index contributed by atoms with van der Waals surface area (Å²) in [7, 11) is 0. The SMILES string of the molecule is CC(C)(C)OC(=O)C(Cc1cnco1)n1cc(OC(F)F)c(-c2cc(Cl)ccc2C#N)cc1=O. The van der Waals surface area contributed by atoms with Crippen molar-refractivity contribution in [3.8, 4) is 22.9 Å². The molecule has 1 aromatic carbocycles. The molecule has 0 N–H and O–H groups in total. The van der Waals surface area contributed by atoms with Gasteiger partial charge < -0.3 is 13.9 Å². The second-order valence-electron chi connectivity index (χ2n) is 8.20. The summed E-state index contributed by atoms with van der Waals surface area (Å²) in [6.07, 6.45) is 3.36. The Morgan fingerprint density at radius 2 is 2.03 bits per heavy atom. The van der Waals surface area contributed by atoms with Gasteiger partial charge >= 0.3 is 12.6 Å². The highest BCUT2D eigenvalue weighted by atomic mass is 35.5. The number of nitriles is 1. The van der Waals surface area contributed by atoms with Gasteiger partial charge in [0.25, 0.3) is 5.56 Å². The van der Waals surface area contributed by atoms with E-state index in [1.807, 2.05) is 6.07 Å². The predicted octanol–water partition coefficient (Wildman–Crippen LogP) is 4.76. The lowest BCUT2D eigenvalue weighted by molar-refractivity contribution is -0.159. The van der Waals surface area contributed by atoms with Gasteiger partial charge in [-0.05, 0) is 39.0 Å². The number of ether oxygens (including phenoxy) is 2. The lowest BCUT2D eigenvalue weighted by Crippen LogP contribution is -2.36. The molecule has 0 spiro atoms. The zero-order valence-electron chi connectivity index (χ0n) is 18.4. The van der Waals surface area contributed by atoms with Gasteiger partial charge in [-0.1, -0.05) is 11.6 Å². The van der Waals surface area contributed by atoms with Gasteiger partial charge in [0.2, 0.25) is 0 Å². The van der Waals surface area contributed by atoms with Crippen LogP contribution in [0.2, 0.25) is 5.02 Å². The maximum Gasteiger partial charge on any atom is 0.387 e. The van der Waals surface area contributed by atoms with Crippen molar-refractivity contribution in [2.75, 3.05) is 0 Å². The fraction of sp³-hybridized carbons (Fsp3) is 0.304. The molecule has 0 fully saturated rings. The van der Waals surface area contributed by atoms with E-state index in [1.165, 1.54) is 24.4 Å². The number of nitrogens with zero attached hydrogens (tertiary/aromatic N) is 3. The number of alkyl halides is 2. The first-order valence-electron chi connectivity index (χ1n) is 9.99. The summed E-state index contributed by atoms with van der Waals surface area (Å²) in [5, 5.41) is 9.66. The zero-order chi connectivity index (χ0) is 25.0. The van der Waals surface area contributed by atoms with Gasteiger partial charge in [-0.3, -0.25) is 9.36 Å². The number of hydrogen-bond acceptors (Lipinski definition) is 7. The lowest BCUT2D eigenvalue weighted by atomic mass is 10.00. The molecule has 3 aromatic rings. The van der Waals surface area contributed by atoms with Crippen LogP contribution in [0.15, 0.2) is 52.3 Å². The predicted molar refractivity (Wildman–Crippen MR) is 118 cm³/mol. The van der Waals surface area contributed by atoms with Crippen molar-refractivity contribution in [3.63, 3.8) is 0 Å². The summed E-state index contributed by atoms with van der Waals surface area (Å²) in [4.78, 5) is 29.9. The highest BCUT2D eigenvalue weighted by Crippen LogP contribution is 2.34. The number of aromatic nitrogens is 2. The van der Waals surface area contributed by atoms with Crippen LogP contribution in [0.5, 0.6) is 5.75 Å². The van der Waals surface area contributed by atoms with Crippen LogP contribution >= 0.6 is 11.6 Å². The van der Waals surface area contributed by atoms with E-state index in [0.29, 0.717) is 0 Å². The van der Waals surface area contributed by atoms with Crippen LogP contribution in [0.4, 0.5) is 8.78 Å². The molecule has 0 saturated carbocycles. The van der Waals surface area contributed by atoms with Crippen LogP contribution in [0.25, 0.3) is 11.1 Å². The third kappa shape index (κ3) is 5.99. The summed E-state index contributed by atoms with van der Waals surface area (Å²) in [6, 6.07) is 5.86. The van der Waals surface area contributed by atoms with E-state index >= 15 is 0 Å². The number of halogens is 3. The van der Waals surface area contributed by atoms with Crippen molar-refractivity contribution in [1.29, 1.82) is 5.26 Å². The summed E-state index contributed by atoms with van der Waals surface area (Å²) >= 11 is 6.03. The molecule has 2 aromatic heterocycles. The van der Waals surface area contributed by atoms with Gasteiger partial charge in [0.05, 0.1) is 24.0 Å². The first kappa shape index (κ1) is 24.9. The minimum Gasteiger partial charge on any atom is -0.458 e. The van der Waals surface area contributed by atoms with Crippen LogP contribution in [0.3, 0.4) is 0 Å². The molecule has 0 aliphatic heterocycles. The lowest BCUT2D eigenvalue weighted by Gasteiger charge is -2.25. The Morgan fingerprint density at radius 1 is 1.29 bits per heavy atom. The number of oxazole rings is 1. The molecular weight excluding hydrogens is 472 g/mol. The van der Waals surface area contributed by atoms with Crippen LogP contribution < -0.4 is 10.3 Å². The van der Waals surface area contributed by atoms with Crippen LogP contribution in [0, 0.1) is 11.3 Å². The monoisotopic (exact) mass is 491 g/mol. The first-order chi connectivity index (χ1) is 16.0. The average molecular weight is 492 g/mol. The molecule has 0 bridgehead atoms. The Kier molecular flexibility index (Phi) is 7.37. The Bertz CT molecular complexity index is 1280. The standard InChI is InChI=1S/C23H20ClF2N3O5/c1-23(2,3)34-21(31)18(7-15-10-28-12-32-15)29-11-19(33-22(25)26)17(8-20(29)30)16-6-14(24)5-4-13(16)9-27/h4-6,8,10-12,18,22H,7H2,1-3H3. The molecule has 0 aliphatic rings. The fourth-order valence-electron chi connectivity index (χ4n) is 3.21. The fourth-order valence-corrected chi connectivity index (χ4v) is 3.38.